The van der Waals surface area contributed by atoms with Crippen molar-refractivity contribution in [2.45, 2.75) is 57.5 Å². The molecule has 0 aliphatic rings. The van der Waals surface area contributed by atoms with E-state index in [0.717, 1.165) is 18.4 Å². The van der Waals surface area contributed by atoms with Crippen LogP contribution in [-0.4, -0.2) is 17.8 Å². The molecule has 2 unspecified atom stereocenters. The Balaban J connectivity index is 2.48. The molecule has 0 fully saturated rings. The van der Waals surface area contributed by atoms with Gasteiger partial charge in [0.25, 0.3) is 0 Å². The van der Waals surface area contributed by atoms with Gasteiger partial charge in [0.05, 0.1) is 6.10 Å². The third-order valence-electron chi connectivity index (χ3n) is 3.63. The van der Waals surface area contributed by atoms with Crippen LogP contribution in [0.25, 0.3) is 0 Å². The van der Waals surface area contributed by atoms with Crippen molar-refractivity contribution in [2.24, 2.45) is 5.73 Å². The van der Waals surface area contributed by atoms with Crippen LogP contribution < -0.4 is 5.73 Å². The average molecular weight is 284 g/mol. The zero-order valence-corrected chi connectivity index (χ0v) is 12.6. The summed E-state index contributed by atoms with van der Waals surface area (Å²) in [7, 11) is 0. The van der Waals surface area contributed by atoms with Crippen LogP contribution in [0.1, 0.15) is 56.9 Å². The number of nitrogens with two attached hydrogens (primary N) is 1. The highest BCUT2D eigenvalue weighted by molar-refractivity contribution is 6.31. The number of aliphatic hydroxyl groups is 1. The minimum absolute atomic E-state index is 0.0557. The summed E-state index contributed by atoms with van der Waals surface area (Å²) in [6, 6.07) is 7.65. The number of hydrogen-bond acceptors (Lipinski definition) is 2. The zero-order valence-electron chi connectivity index (χ0n) is 11.8. The van der Waals surface area contributed by atoms with Gasteiger partial charge in [-0.3, -0.25) is 0 Å². The lowest BCUT2D eigenvalue weighted by Crippen LogP contribution is -2.26. The molecule has 0 aliphatic heterocycles. The molecule has 0 aliphatic carbocycles. The second-order valence-corrected chi connectivity index (χ2v) is 5.54. The molecular weight excluding hydrogens is 258 g/mol. The van der Waals surface area contributed by atoms with Crippen LogP contribution in [-0.2, 0) is 0 Å². The standard InChI is InChI=1S/C16H26ClNO/c1-2-3-4-5-6-11-16(19)14(12-18)13-9-7-8-10-15(13)17/h7-10,14,16,19H,2-6,11-12,18H2,1H3. The van der Waals surface area contributed by atoms with Crippen LogP contribution in [0.2, 0.25) is 5.02 Å². The average Bonchev–Trinajstić information content (AvgIpc) is 2.41. The Kier molecular flexibility index (Phi) is 8.11. The number of rotatable bonds is 9. The van der Waals surface area contributed by atoms with E-state index in [1.54, 1.807) is 0 Å². The molecule has 0 spiro atoms. The first-order valence-electron chi connectivity index (χ1n) is 7.33. The summed E-state index contributed by atoms with van der Waals surface area (Å²) in [5.74, 6) is -0.0557. The van der Waals surface area contributed by atoms with Crippen LogP contribution >= 0.6 is 11.6 Å². The van der Waals surface area contributed by atoms with Crippen molar-refractivity contribution >= 4 is 11.6 Å². The summed E-state index contributed by atoms with van der Waals surface area (Å²) in [6.45, 7) is 2.64. The third kappa shape index (κ3) is 5.52. The molecule has 2 atom stereocenters. The molecule has 19 heavy (non-hydrogen) atoms. The molecule has 0 radical (unpaired) electrons. The molecule has 0 bridgehead atoms. The van der Waals surface area contributed by atoms with E-state index >= 15 is 0 Å². The normalized spacial score (nSPS) is 14.3. The van der Waals surface area contributed by atoms with Crippen LogP contribution in [0.5, 0.6) is 0 Å². The first kappa shape index (κ1) is 16.5. The molecule has 0 aromatic heterocycles. The van der Waals surface area contributed by atoms with Gasteiger partial charge in [0, 0.05) is 17.5 Å². The molecule has 108 valence electrons. The molecular formula is C16H26ClNO. The predicted molar refractivity (Wildman–Crippen MR) is 82.6 cm³/mol. The first-order valence-corrected chi connectivity index (χ1v) is 7.71. The lowest BCUT2D eigenvalue weighted by molar-refractivity contribution is 0.132. The van der Waals surface area contributed by atoms with E-state index in [1.165, 1.54) is 25.7 Å². The van der Waals surface area contributed by atoms with Crippen LogP contribution in [0.3, 0.4) is 0 Å². The number of halogens is 1. The van der Waals surface area contributed by atoms with E-state index in [1.807, 2.05) is 24.3 Å². The fourth-order valence-electron chi connectivity index (χ4n) is 2.43. The summed E-state index contributed by atoms with van der Waals surface area (Å²) in [5.41, 5.74) is 6.77. The van der Waals surface area contributed by atoms with Gasteiger partial charge in [-0.25, -0.2) is 0 Å². The van der Waals surface area contributed by atoms with Gasteiger partial charge in [-0.1, -0.05) is 68.8 Å². The summed E-state index contributed by atoms with van der Waals surface area (Å²) in [6.07, 6.45) is 6.42. The highest BCUT2D eigenvalue weighted by Crippen LogP contribution is 2.28. The van der Waals surface area contributed by atoms with E-state index in [2.05, 4.69) is 6.92 Å². The fourth-order valence-corrected chi connectivity index (χ4v) is 2.70. The second kappa shape index (κ2) is 9.35. The van der Waals surface area contributed by atoms with Gasteiger partial charge in [-0.05, 0) is 18.1 Å². The quantitative estimate of drug-likeness (QED) is 0.670. The van der Waals surface area contributed by atoms with Gasteiger partial charge in [0.15, 0.2) is 0 Å². The Bertz CT molecular complexity index is 356. The van der Waals surface area contributed by atoms with Gasteiger partial charge in [0.2, 0.25) is 0 Å². The molecule has 0 amide bonds. The van der Waals surface area contributed by atoms with Gasteiger partial charge in [0.1, 0.15) is 0 Å². The van der Waals surface area contributed by atoms with Gasteiger partial charge >= 0.3 is 0 Å². The van der Waals surface area contributed by atoms with Crippen LogP contribution in [0, 0.1) is 0 Å². The molecule has 1 rings (SSSR count). The maximum atomic E-state index is 10.3. The van der Waals surface area contributed by atoms with Crippen molar-refractivity contribution in [3.8, 4) is 0 Å². The molecule has 1 aromatic carbocycles. The highest BCUT2D eigenvalue weighted by atomic mass is 35.5. The van der Waals surface area contributed by atoms with Crippen molar-refractivity contribution in [2.75, 3.05) is 6.54 Å². The molecule has 0 heterocycles. The second-order valence-electron chi connectivity index (χ2n) is 5.13. The molecule has 0 saturated carbocycles. The summed E-state index contributed by atoms with van der Waals surface area (Å²) in [4.78, 5) is 0. The van der Waals surface area contributed by atoms with E-state index in [9.17, 15) is 5.11 Å². The molecule has 1 aromatic rings. The predicted octanol–water partition coefficient (Wildman–Crippen LogP) is 4.10. The van der Waals surface area contributed by atoms with Crippen molar-refractivity contribution in [3.63, 3.8) is 0 Å². The molecule has 3 N–H and O–H groups in total. The summed E-state index contributed by atoms with van der Waals surface area (Å²) < 4.78 is 0. The number of hydrogen-bond donors (Lipinski definition) is 2. The Hall–Kier alpha value is -0.570. The number of unbranched alkanes of at least 4 members (excludes halogenated alkanes) is 4. The molecule has 3 heteroatoms. The van der Waals surface area contributed by atoms with Gasteiger partial charge < -0.3 is 10.8 Å². The lowest BCUT2D eigenvalue weighted by Gasteiger charge is -2.22. The van der Waals surface area contributed by atoms with Crippen molar-refractivity contribution in [1.82, 2.24) is 0 Å². The highest BCUT2D eigenvalue weighted by Gasteiger charge is 2.21. The third-order valence-corrected chi connectivity index (χ3v) is 3.97. The van der Waals surface area contributed by atoms with Gasteiger partial charge in [-0.15, -0.1) is 0 Å². The summed E-state index contributed by atoms with van der Waals surface area (Å²) in [5, 5.41) is 11.0. The Morgan fingerprint density at radius 2 is 1.84 bits per heavy atom. The lowest BCUT2D eigenvalue weighted by atomic mass is 9.90. The minimum Gasteiger partial charge on any atom is -0.392 e. The van der Waals surface area contributed by atoms with Crippen LogP contribution in [0.15, 0.2) is 24.3 Å². The number of aliphatic hydroxyl groups excluding tert-OH is 1. The topological polar surface area (TPSA) is 46.2 Å². The Morgan fingerprint density at radius 3 is 2.47 bits per heavy atom. The summed E-state index contributed by atoms with van der Waals surface area (Å²) >= 11 is 6.18. The molecule has 2 nitrogen and oxygen atoms in total. The molecule has 0 saturated heterocycles. The minimum atomic E-state index is -0.397. The fraction of sp³-hybridized carbons (Fsp3) is 0.625. The van der Waals surface area contributed by atoms with Crippen molar-refractivity contribution in [3.05, 3.63) is 34.9 Å². The Labute approximate surface area is 122 Å². The Morgan fingerprint density at radius 1 is 1.16 bits per heavy atom. The first-order chi connectivity index (χ1) is 9.20. The zero-order chi connectivity index (χ0) is 14.1. The van der Waals surface area contributed by atoms with E-state index < -0.39 is 6.10 Å². The van der Waals surface area contributed by atoms with E-state index in [4.69, 9.17) is 17.3 Å². The monoisotopic (exact) mass is 283 g/mol. The maximum Gasteiger partial charge on any atom is 0.0621 e. The smallest absolute Gasteiger partial charge is 0.0621 e. The maximum absolute atomic E-state index is 10.3. The van der Waals surface area contributed by atoms with Crippen molar-refractivity contribution in [1.29, 1.82) is 0 Å². The largest absolute Gasteiger partial charge is 0.392 e. The SMILES string of the molecule is CCCCCCCC(O)C(CN)c1ccccc1Cl. The van der Waals surface area contributed by atoms with Crippen LogP contribution in [0.4, 0.5) is 0 Å². The van der Waals surface area contributed by atoms with Gasteiger partial charge in [-0.2, -0.15) is 0 Å². The number of benzene rings is 1. The van der Waals surface area contributed by atoms with Crippen molar-refractivity contribution < 1.29 is 5.11 Å². The van der Waals surface area contributed by atoms with E-state index in [-0.39, 0.29) is 5.92 Å². The van der Waals surface area contributed by atoms with E-state index in [0.29, 0.717) is 11.6 Å².